The van der Waals surface area contributed by atoms with Gasteiger partial charge >= 0.3 is 5.97 Å². The van der Waals surface area contributed by atoms with Gasteiger partial charge in [-0.2, -0.15) is 0 Å². The Labute approximate surface area is 186 Å². The molecule has 0 aliphatic rings. The van der Waals surface area contributed by atoms with E-state index in [2.05, 4.69) is 20.7 Å². The van der Waals surface area contributed by atoms with Crippen LogP contribution in [0.3, 0.4) is 0 Å². The second-order valence-electron chi connectivity index (χ2n) is 6.60. The number of carbonyl (C=O) groups is 1. The summed E-state index contributed by atoms with van der Waals surface area (Å²) in [5.41, 5.74) is 1.47. The molecule has 1 aromatic heterocycles. The SMILES string of the molecule is COC(=O)c1ccc(COc2ccc3c(=O)c(Oc4ccccc4Br)coc3c2)cc1. The van der Waals surface area contributed by atoms with Gasteiger partial charge in [-0.1, -0.05) is 24.3 Å². The lowest BCUT2D eigenvalue weighted by atomic mass is 10.1. The van der Waals surface area contributed by atoms with Gasteiger partial charge in [0.2, 0.25) is 11.2 Å². The van der Waals surface area contributed by atoms with E-state index in [-0.39, 0.29) is 17.1 Å². The van der Waals surface area contributed by atoms with Crippen LogP contribution in [-0.4, -0.2) is 13.1 Å². The van der Waals surface area contributed by atoms with Gasteiger partial charge in [0.1, 0.15) is 30.0 Å². The van der Waals surface area contributed by atoms with E-state index in [1.165, 1.54) is 13.4 Å². The van der Waals surface area contributed by atoms with Crippen molar-refractivity contribution in [2.45, 2.75) is 6.61 Å². The molecular formula is C24H17BrO6. The van der Waals surface area contributed by atoms with E-state index in [4.69, 9.17) is 13.9 Å². The molecule has 0 atom stereocenters. The molecule has 0 radical (unpaired) electrons. The van der Waals surface area contributed by atoms with Crippen LogP contribution in [0.5, 0.6) is 17.2 Å². The average Bonchev–Trinajstić information content (AvgIpc) is 2.80. The highest BCUT2D eigenvalue weighted by molar-refractivity contribution is 9.10. The second kappa shape index (κ2) is 9.06. The fourth-order valence-corrected chi connectivity index (χ4v) is 3.28. The summed E-state index contributed by atoms with van der Waals surface area (Å²) < 4.78 is 22.5. The molecule has 3 aromatic carbocycles. The monoisotopic (exact) mass is 480 g/mol. The van der Waals surface area contributed by atoms with Gasteiger partial charge in [-0.05, 0) is 57.9 Å². The number of fused-ring (bicyclic) bond motifs is 1. The van der Waals surface area contributed by atoms with E-state index in [0.29, 0.717) is 34.6 Å². The number of methoxy groups -OCH3 is 1. The zero-order valence-electron chi connectivity index (χ0n) is 16.5. The zero-order valence-corrected chi connectivity index (χ0v) is 18.0. The molecule has 0 aliphatic carbocycles. The maximum absolute atomic E-state index is 12.8. The Bertz CT molecular complexity index is 1290. The third-order valence-corrected chi connectivity index (χ3v) is 5.21. The third-order valence-electron chi connectivity index (χ3n) is 4.55. The first-order valence-corrected chi connectivity index (χ1v) is 10.1. The first kappa shape index (κ1) is 20.7. The molecule has 4 aromatic rings. The molecular weight excluding hydrogens is 464 g/mol. The molecule has 0 N–H and O–H groups in total. The molecule has 0 unspecified atom stereocenters. The molecule has 0 fully saturated rings. The number of hydrogen-bond acceptors (Lipinski definition) is 6. The summed E-state index contributed by atoms with van der Waals surface area (Å²) in [4.78, 5) is 24.3. The molecule has 6 nitrogen and oxygen atoms in total. The van der Waals surface area contributed by atoms with Gasteiger partial charge in [-0.3, -0.25) is 4.79 Å². The second-order valence-corrected chi connectivity index (χ2v) is 7.45. The third kappa shape index (κ3) is 4.62. The van der Waals surface area contributed by atoms with Crippen LogP contribution in [0.15, 0.2) is 86.7 Å². The molecule has 4 rings (SSSR count). The molecule has 0 aliphatic heterocycles. The van der Waals surface area contributed by atoms with Crippen molar-refractivity contribution in [3.8, 4) is 17.2 Å². The smallest absolute Gasteiger partial charge is 0.337 e. The molecule has 0 spiro atoms. The molecule has 0 saturated carbocycles. The Morgan fingerprint density at radius 3 is 2.52 bits per heavy atom. The van der Waals surface area contributed by atoms with E-state index < -0.39 is 0 Å². The Hall–Kier alpha value is -3.58. The topological polar surface area (TPSA) is 75.0 Å². The Balaban J connectivity index is 1.50. The lowest BCUT2D eigenvalue weighted by Gasteiger charge is -2.09. The predicted molar refractivity (Wildman–Crippen MR) is 119 cm³/mol. The maximum atomic E-state index is 12.8. The quantitative estimate of drug-likeness (QED) is 0.329. The standard InChI is InChI=1S/C24H17BrO6/c1-28-24(27)16-8-6-15(7-9-16)13-29-17-10-11-18-21(12-17)30-14-22(23(18)26)31-20-5-3-2-4-19(20)25/h2-12,14H,13H2,1H3. The molecule has 0 bridgehead atoms. The Morgan fingerprint density at radius 1 is 1.00 bits per heavy atom. The summed E-state index contributed by atoms with van der Waals surface area (Å²) in [7, 11) is 1.34. The highest BCUT2D eigenvalue weighted by atomic mass is 79.9. The molecule has 0 amide bonds. The predicted octanol–water partition coefficient (Wildman–Crippen LogP) is 5.71. The van der Waals surface area contributed by atoms with Crippen LogP contribution in [0.1, 0.15) is 15.9 Å². The normalized spacial score (nSPS) is 10.6. The van der Waals surface area contributed by atoms with Gasteiger partial charge in [0.05, 0.1) is 22.5 Å². The number of hydrogen-bond donors (Lipinski definition) is 0. The van der Waals surface area contributed by atoms with Crippen molar-refractivity contribution in [2.24, 2.45) is 0 Å². The van der Waals surface area contributed by atoms with Crippen LogP contribution < -0.4 is 14.9 Å². The van der Waals surface area contributed by atoms with E-state index >= 15 is 0 Å². The van der Waals surface area contributed by atoms with Crippen molar-refractivity contribution in [1.29, 1.82) is 0 Å². The number of benzene rings is 3. The van der Waals surface area contributed by atoms with Crippen LogP contribution in [0, 0.1) is 0 Å². The molecule has 0 saturated heterocycles. The maximum Gasteiger partial charge on any atom is 0.337 e. The minimum Gasteiger partial charge on any atom is -0.489 e. The number of ether oxygens (including phenoxy) is 3. The van der Waals surface area contributed by atoms with E-state index in [1.54, 1.807) is 48.5 Å². The van der Waals surface area contributed by atoms with Gasteiger partial charge in [0, 0.05) is 6.07 Å². The van der Waals surface area contributed by atoms with Crippen molar-refractivity contribution in [2.75, 3.05) is 7.11 Å². The van der Waals surface area contributed by atoms with Gasteiger partial charge in [0.15, 0.2) is 0 Å². The Kier molecular flexibility index (Phi) is 6.04. The van der Waals surface area contributed by atoms with Crippen molar-refractivity contribution in [1.82, 2.24) is 0 Å². The van der Waals surface area contributed by atoms with E-state index in [0.717, 1.165) is 10.0 Å². The zero-order chi connectivity index (χ0) is 21.8. The minimum absolute atomic E-state index is 0.0961. The molecule has 31 heavy (non-hydrogen) atoms. The summed E-state index contributed by atoms with van der Waals surface area (Å²) in [5, 5.41) is 0.388. The average molecular weight is 481 g/mol. The van der Waals surface area contributed by atoms with Crippen molar-refractivity contribution >= 4 is 32.9 Å². The lowest BCUT2D eigenvalue weighted by molar-refractivity contribution is 0.0600. The van der Waals surface area contributed by atoms with E-state index in [1.807, 2.05) is 18.2 Å². The first-order chi connectivity index (χ1) is 15.0. The minimum atomic E-state index is -0.389. The molecule has 1 heterocycles. The lowest BCUT2D eigenvalue weighted by Crippen LogP contribution is -2.05. The largest absolute Gasteiger partial charge is 0.489 e. The van der Waals surface area contributed by atoms with Gasteiger partial charge in [-0.25, -0.2) is 4.79 Å². The van der Waals surface area contributed by atoms with Crippen LogP contribution in [0.25, 0.3) is 11.0 Å². The molecule has 7 heteroatoms. The van der Waals surface area contributed by atoms with Gasteiger partial charge < -0.3 is 18.6 Å². The van der Waals surface area contributed by atoms with Gasteiger partial charge in [-0.15, -0.1) is 0 Å². The summed E-state index contributed by atoms with van der Waals surface area (Å²) >= 11 is 3.39. The number of carbonyl (C=O) groups excluding carboxylic acids is 1. The Morgan fingerprint density at radius 2 is 1.77 bits per heavy atom. The summed E-state index contributed by atoms with van der Waals surface area (Å²) in [5.74, 6) is 0.776. The van der Waals surface area contributed by atoms with E-state index in [9.17, 15) is 9.59 Å². The van der Waals surface area contributed by atoms with Gasteiger partial charge in [0.25, 0.3) is 0 Å². The number of para-hydroxylation sites is 1. The van der Waals surface area contributed by atoms with Crippen LogP contribution >= 0.6 is 15.9 Å². The first-order valence-electron chi connectivity index (χ1n) is 9.33. The van der Waals surface area contributed by atoms with Crippen molar-refractivity contribution in [3.05, 3.63) is 98.8 Å². The molecule has 156 valence electrons. The van der Waals surface area contributed by atoms with Crippen LogP contribution in [0.4, 0.5) is 0 Å². The van der Waals surface area contributed by atoms with Crippen LogP contribution in [0.2, 0.25) is 0 Å². The highest BCUT2D eigenvalue weighted by Crippen LogP contribution is 2.29. The van der Waals surface area contributed by atoms with Crippen molar-refractivity contribution in [3.63, 3.8) is 0 Å². The summed E-state index contributed by atoms with van der Waals surface area (Å²) in [6.07, 6.45) is 1.29. The summed E-state index contributed by atoms with van der Waals surface area (Å²) in [6.45, 7) is 0.292. The number of halogens is 1. The summed E-state index contributed by atoms with van der Waals surface area (Å²) in [6, 6.07) is 19.2. The highest BCUT2D eigenvalue weighted by Gasteiger charge is 2.12. The van der Waals surface area contributed by atoms with Crippen LogP contribution in [-0.2, 0) is 11.3 Å². The number of rotatable bonds is 6. The fourth-order valence-electron chi connectivity index (χ4n) is 2.92. The van der Waals surface area contributed by atoms with Crippen molar-refractivity contribution < 1.29 is 23.4 Å². The number of esters is 1. The fraction of sp³-hybridized carbons (Fsp3) is 0.0833.